The fourth-order valence-electron chi connectivity index (χ4n) is 5.45. The van der Waals surface area contributed by atoms with Crippen LogP contribution in [0.5, 0.6) is 17.4 Å². The lowest BCUT2D eigenvalue weighted by atomic mass is 9.97. The van der Waals surface area contributed by atoms with Crippen LogP contribution in [0.3, 0.4) is 0 Å². The van der Waals surface area contributed by atoms with E-state index in [0.29, 0.717) is 17.4 Å². The third-order valence-electron chi connectivity index (χ3n) is 7.61. The third kappa shape index (κ3) is 6.38. The van der Waals surface area contributed by atoms with Crippen LogP contribution >= 0.6 is 0 Å². The third-order valence-corrected chi connectivity index (χ3v) is 7.61. The fourth-order valence-corrected chi connectivity index (χ4v) is 5.45. The first kappa shape index (κ1) is 28.1. The van der Waals surface area contributed by atoms with Crippen molar-refractivity contribution in [3.63, 3.8) is 0 Å². The second-order valence-electron chi connectivity index (χ2n) is 11.5. The number of hydrogen-bond donors (Lipinski definition) is 2. The highest BCUT2D eigenvalue weighted by Gasteiger charge is 2.24. The van der Waals surface area contributed by atoms with Gasteiger partial charge >= 0.3 is 0 Å². The van der Waals surface area contributed by atoms with E-state index >= 15 is 0 Å². The molecule has 0 amide bonds. The summed E-state index contributed by atoms with van der Waals surface area (Å²) in [7, 11) is 3.32. The fraction of sp³-hybridized carbons (Fsp3) is 0.548. The van der Waals surface area contributed by atoms with Crippen molar-refractivity contribution in [1.82, 2.24) is 14.8 Å². The average Bonchev–Trinajstić information content (AvgIpc) is 3.25. The Balaban J connectivity index is 1.67. The molecule has 1 aromatic heterocycles. The maximum absolute atomic E-state index is 11.5. The number of likely N-dealkylation sites (N-methyl/N-ethyl adjacent to an activating group) is 1. The summed E-state index contributed by atoms with van der Waals surface area (Å²) in [5.74, 6) is 1.72. The summed E-state index contributed by atoms with van der Waals surface area (Å²) < 4.78 is 13.2. The molecule has 1 fully saturated rings. The molecule has 0 unspecified atom stereocenters. The van der Waals surface area contributed by atoms with E-state index in [4.69, 9.17) is 9.47 Å². The average molecular weight is 523 g/mol. The van der Waals surface area contributed by atoms with Gasteiger partial charge in [0.25, 0.3) is 0 Å². The van der Waals surface area contributed by atoms with Gasteiger partial charge in [-0.2, -0.15) is 0 Å². The van der Waals surface area contributed by atoms with Crippen molar-refractivity contribution in [2.75, 3.05) is 64.9 Å². The van der Waals surface area contributed by atoms with E-state index < -0.39 is 0 Å². The van der Waals surface area contributed by atoms with Gasteiger partial charge in [0.1, 0.15) is 0 Å². The van der Waals surface area contributed by atoms with E-state index in [1.54, 1.807) is 14.2 Å². The van der Waals surface area contributed by atoms with Gasteiger partial charge in [0.2, 0.25) is 0 Å². The summed E-state index contributed by atoms with van der Waals surface area (Å²) in [6, 6.07) is 12.3. The Bertz CT molecular complexity index is 1190. The number of fused-ring (bicyclic) bond motifs is 1. The molecular weight excluding hydrogens is 476 g/mol. The number of nitrogens with zero attached hydrogens (tertiary/aromatic N) is 3. The van der Waals surface area contributed by atoms with E-state index in [2.05, 4.69) is 71.8 Å². The summed E-state index contributed by atoms with van der Waals surface area (Å²) in [6.07, 6.45) is 4.01. The molecule has 38 heavy (non-hydrogen) atoms. The standard InChI is InChI=1S/C31H46N4O3/c1-7-33-16-18-34(19-17-33)27-11-8-10-24-25(27)21-35(30(24)36)26(12-9-15-32-22-31(2,3)4)23-13-14-28(37-5)29(20-23)38-6/h8,10-11,13-14,20-21,26,32,36H,7,9,12,15-19,22H2,1-6H3/t26-/m1/s1. The zero-order valence-electron chi connectivity index (χ0n) is 24.1. The van der Waals surface area contributed by atoms with Crippen molar-refractivity contribution >= 4 is 16.5 Å². The number of nitrogens with one attached hydrogen (secondary N) is 1. The van der Waals surface area contributed by atoms with Gasteiger partial charge in [-0.1, -0.05) is 39.8 Å². The van der Waals surface area contributed by atoms with Gasteiger partial charge in [-0.3, -0.25) is 0 Å². The Kier molecular flexibility index (Phi) is 9.11. The molecule has 1 aliphatic rings. The monoisotopic (exact) mass is 522 g/mol. The quantitative estimate of drug-likeness (QED) is 0.324. The van der Waals surface area contributed by atoms with Gasteiger partial charge in [0.05, 0.1) is 20.3 Å². The van der Waals surface area contributed by atoms with Crippen LogP contribution in [-0.2, 0) is 0 Å². The van der Waals surface area contributed by atoms with Gasteiger partial charge in [0.15, 0.2) is 17.4 Å². The molecule has 0 aliphatic carbocycles. The largest absolute Gasteiger partial charge is 0.494 e. The molecule has 4 rings (SSSR count). The number of aromatic hydroxyl groups is 1. The van der Waals surface area contributed by atoms with Crippen LogP contribution in [0.2, 0.25) is 0 Å². The van der Waals surface area contributed by atoms with E-state index in [1.165, 1.54) is 5.69 Å². The smallest absolute Gasteiger partial charge is 0.199 e. The number of hydrogen-bond acceptors (Lipinski definition) is 6. The summed E-state index contributed by atoms with van der Waals surface area (Å²) in [5, 5.41) is 17.1. The molecule has 3 aromatic rings. The normalized spacial score (nSPS) is 15.7. The molecule has 0 saturated carbocycles. The molecule has 7 heteroatoms. The lowest BCUT2D eigenvalue weighted by Crippen LogP contribution is -2.46. The Labute approximate surface area is 228 Å². The minimum atomic E-state index is -0.0385. The van der Waals surface area contributed by atoms with Crippen LogP contribution in [-0.4, -0.2) is 74.6 Å². The number of benzene rings is 2. The second kappa shape index (κ2) is 12.3. The van der Waals surface area contributed by atoms with Crippen molar-refractivity contribution in [2.24, 2.45) is 5.41 Å². The molecule has 208 valence electrons. The predicted molar refractivity (Wildman–Crippen MR) is 157 cm³/mol. The summed E-state index contributed by atoms with van der Waals surface area (Å²) in [4.78, 5) is 4.94. The molecule has 2 heterocycles. The van der Waals surface area contributed by atoms with Crippen molar-refractivity contribution in [3.05, 3.63) is 48.2 Å². The lowest BCUT2D eigenvalue weighted by molar-refractivity contribution is 0.271. The number of rotatable bonds is 11. The van der Waals surface area contributed by atoms with Gasteiger partial charge in [-0.15, -0.1) is 0 Å². The van der Waals surface area contributed by atoms with Crippen molar-refractivity contribution in [2.45, 2.75) is 46.6 Å². The molecule has 1 saturated heterocycles. The SMILES string of the molecule is CCN1CCN(c2cccc3c(O)n([C@H](CCCNCC(C)(C)C)c4ccc(OC)c(OC)c4)cc23)CC1. The zero-order valence-corrected chi connectivity index (χ0v) is 24.1. The zero-order chi connectivity index (χ0) is 27.3. The maximum atomic E-state index is 11.5. The topological polar surface area (TPSA) is 62.1 Å². The van der Waals surface area contributed by atoms with Crippen LogP contribution in [0.1, 0.15) is 52.1 Å². The van der Waals surface area contributed by atoms with Crippen LogP contribution in [0.4, 0.5) is 5.69 Å². The van der Waals surface area contributed by atoms with Crippen molar-refractivity contribution in [3.8, 4) is 17.4 Å². The van der Waals surface area contributed by atoms with Crippen LogP contribution in [0.15, 0.2) is 42.6 Å². The van der Waals surface area contributed by atoms with Gasteiger partial charge in [-0.05, 0) is 67.7 Å². The predicted octanol–water partition coefficient (Wildman–Crippen LogP) is 5.51. The molecule has 1 atom stereocenters. The van der Waals surface area contributed by atoms with Gasteiger partial charge < -0.3 is 34.3 Å². The van der Waals surface area contributed by atoms with Gasteiger partial charge in [-0.25, -0.2) is 0 Å². The molecule has 7 nitrogen and oxygen atoms in total. The number of ether oxygens (including phenoxy) is 2. The Morgan fingerprint density at radius 2 is 1.71 bits per heavy atom. The Morgan fingerprint density at radius 3 is 2.37 bits per heavy atom. The number of aromatic nitrogens is 1. The van der Waals surface area contributed by atoms with Crippen molar-refractivity contribution < 1.29 is 14.6 Å². The highest BCUT2D eigenvalue weighted by molar-refractivity contribution is 5.98. The summed E-state index contributed by atoms with van der Waals surface area (Å²) in [6.45, 7) is 16.1. The highest BCUT2D eigenvalue weighted by Crippen LogP contribution is 2.40. The molecule has 2 N–H and O–H groups in total. The van der Waals surface area contributed by atoms with E-state index in [1.807, 2.05) is 18.2 Å². The first-order valence-corrected chi connectivity index (χ1v) is 14.0. The second-order valence-corrected chi connectivity index (χ2v) is 11.5. The summed E-state index contributed by atoms with van der Waals surface area (Å²) >= 11 is 0. The molecule has 0 bridgehead atoms. The molecular formula is C31H46N4O3. The molecule has 0 spiro atoms. The minimum Gasteiger partial charge on any atom is -0.494 e. The van der Waals surface area contributed by atoms with E-state index in [9.17, 15) is 5.11 Å². The van der Waals surface area contributed by atoms with Crippen LogP contribution in [0, 0.1) is 5.41 Å². The first-order chi connectivity index (χ1) is 18.3. The van der Waals surface area contributed by atoms with Crippen LogP contribution in [0.25, 0.3) is 10.8 Å². The Hall–Kier alpha value is -2.90. The summed E-state index contributed by atoms with van der Waals surface area (Å²) in [5.41, 5.74) is 2.54. The lowest BCUT2D eigenvalue weighted by Gasteiger charge is -2.35. The van der Waals surface area contributed by atoms with Crippen molar-refractivity contribution in [1.29, 1.82) is 0 Å². The highest BCUT2D eigenvalue weighted by atomic mass is 16.5. The number of methoxy groups -OCH3 is 2. The molecule has 0 radical (unpaired) electrons. The van der Waals surface area contributed by atoms with Crippen LogP contribution < -0.4 is 19.7 Å². The first-order valence-electron chi connectivity index (χ1n) is 14.0. The van der Waals surface area contributed by atoms with E-state index in [0.717, 1.165) is 75.0 Å². The molecule has 2 aromatic carbocycles. The minimum absolute atomic E-state index is 0.0385. The van der Waals surface area contributed by atoms with E-state index in [-0.39, 0.29) is 11.5 Å². The van der Waals surface area contributed by atoms with Gasteiger partial charge in [0, 0.05) is 48.8 Å². The maximum Gasteiger partial charge on any atom is 0.199 e. The number of anilines is 1. The molecule has 1 aliphatic heterocycles. The number of piperazine rings is 1. The Morgan fingerprint density at radius 1 is 0.974 bits per heavy atom.